The number of carbonyl (C=O) groups excluding carboxylic acids is 1. The van der Waals surface area contributed by atoms with Crippen LogP contribution in [0.4, 0.5) is 0 Å². The summed E-state index contributed by atoms with van der Waals surface area (Å²) in [5, 5.41) is 6.80. The highest BCUT2D eigenvalue weighted by atomic mass is 16.6. The van der Waals surface area contributed by atoms with Crippen LogP contribution in [0.1, 0.15) is 33.0 Å². The molecule has 0 bridgehead atoms. The standard InChI is InChI=1S/C11H19N3O3/c1-11(2,3)17-10(15)5-7-12-6-4-9-13-8-16-14-9/h8,12H,4-7H2,1-3H3. The first kappa shape index (κ1) is 13.6. The quantitative estimate of drug-likeness (QED) is 0.590. The molecule has 0 radical (unpaired) electrons. The second-order valence-corrected chi connectivity index (χ2v) is 4.68. The van der Waals surface area contributed by atoms with Gasteiger partial charge in [-0.25, -0.2) is 0 Å². The Hall–Kier alpha value is -1.43. The van der Waals surface area contributed by atoms with E-state index in [-0.39, 0.29) is 5.97 Å². The average molecular weight is 241 g/mol. The molecule has 0 unspecified atom stereocenters. The minimum atomic E-state index is -0.415. The second kappa shape index (κ2) is 6.34. The number of nitrogens with zero attached hydrogens (tertiary/aromatic N) is 2. The Morgan fingerprint density at radius 2 is 2.24 bits per heavy atom. The van der Waals surface area contributed by atoms with Crippen molar-refractivity contribution < 1.29 is 14.1 Å². The van der Waals surface area contributed by atoms with Crippen molar-refractivity contribution in [3.8, 4) is 0 Å². The fourth-order valence-electron chi connectivity index (χ4n) is 1.21. The highest BCUT2D eigenvalue weighted by molar-refractivity contribution is 5.70. The summed E-state index contributed by atoms with van der Waals surface area (Å²) in [5.74, 6) is 0.472. The Balaban J connectivity index is 2.02. The van der Waals surface area contributed by atoms with Gasteiger partial charge in [-0.05, 0) is 20.8 Å². The Morgan fingerprint density at radius 1 is 1.47 bits per heavy atom. The van der Waals surface area contributed by atoms with E-state index >= 15 is 0 Å². The van der Waals surface area contributed by atoms with Gasteiger partial charge in [-0.15, -0.1) is 0 Å². The van der Waals surface area contributed by atoms with Crippen molar-refractivity contribution in [2.45, 2.75) is 39.2 Å². The molecule has 0 spiro atoms. The molecule has 0 saturated carbocycles. The fourth-order valence-corrected chi connectivity index (χ4v) is 1.21. The third-order valence-corrected chi connectivity index (χ3v) is 1.86. The molecule has 0 amide bonds. The molecule has 0 aliphatic heterocycles. The lowest BCUT2D eigenvalue weighted by molar-refractivity contribution is -0.154. The minimum Gasteiger partial charge on any atom is -0.460 e. The summed E-state index contributed by atoms with van der Waals surface area (Å²) in [6.45, 7) is 6.87. The van der Waals surface area contributed by atoms with E-state index < -0.39 is 5.60 Å². The largest absolute Gasteiger partial charge is 0.460 e. The lowest BCUT2D eigenvalue weighted by atomic mass is 10.2. The molecule has 1 aromatic heterocycles. The van der Waals surface area contributed by atoms with E-state index in [4.69, 9.17) is 4.74 Å². The Morgan fingerprint density at radius 3 is 2.82 bits per heavy atom. The number of ether oxygens (including phenoxy) is 1. The Bertz CT molecular complexity index is 330. The number of rotatable bonds is 6. The van der Waals surface area contributed by atoms with Crippen LogP contribution in [0.15, 0.2) is 10.9 Å². The number of carbonyl (C=O) groups is 1. The smallest absolute Gasteiger partial charge is 0.307 e. The number of esters is 1. The summed E-state index contributed by atoms with van der Waals surface area (Å²) >= 11 is 0. The van der Waals surface area contributed by atoms with Crippen LogP contribution in [-0.2, 0) is 16.0 Å². The lowest BCUT2D eigenvalue weighted by Crippen LogP contribution is -2.27. The minimum absolute atomic E-state index is 0.190. The normalized spacial score (nSPS) is 11.5. The van der Waals surface area contributed by atoms with Gasteiger partial charge in [-0.2, -0.15) is 4.98 Å². The van der Waals surface area contributed by atoms with Crippen molar-refractivity contribution in [1.29, 1.82) is 0 Å². The third-order valence-electron chi connectivity index (χ3n) is 1.86. The zero-order valence-electron chi connectivity index (χ0n) is 10.5. The topological polar surface area (TPSA) is 77.2 Å². The van der Waals surface area contributed by atoms with Gasteiger partial charge in [0.15, 0.2) is 5.82 Å². The van der Waals surface area contributed by atoms with Crippen LogP contribution in [0.2, 0.25) is 0 Å². The molecule has 0 saturated heterocycles. The molecule has 0 aromatic carbocycles. The van der Waals surface area contributed by atoms with Gasteiger partial charge in [-0.1, -0.05) is 5.16 Å². The van der Waals surface area contributed by atoms with Gasteiger partial charge >= 0.3 is 5.97 Å². The molecule has 96 valence electrons. The molecular weight excluding hydrogens is 222 g/mol. The van der Waals surface area contributed by atoms with E-state index in [2.05, 4.69) is 20.0 Å². The van der Waals surface area contributed by atoms with E-state index in [9.17, 15) is 4.79 Å². The van der Waals surface area contributed by atoms with Crippen LogP contribution < -0.4 is 5.32 Å². The Labute approximate surface area is 101 Å². The predicted molar refractivity (Wildman–Crippen MR) is 61.3 cm³/mol. The molecule has 0 atom stereocenters. The van der Waals surface area contributed by atoms with Crippen molar-refractivity contribution in [3.63, 3.8) is 0 Å². The molecule has 1 heterocycles. The molecule has 6 heteroatoms. The highest BCUT2D eigenvalue weighted by Crippen LogP contribution is 2.07. The molecular formula is C11H19N3O3. The van der Waals surface area contributed by atoms with Gasteiger partial charge in [0, 0.05) is 19.5 Å². The number of nitrogens with one attached hydrogen (secondary N) is 1. The molecule has 1 aromatic rings. The molecule has 1 rings (SSSR count). The van der Waals surface area contributed by atoms with Crippen molar-refractivity contribution in [2.24, 2.45) is 0 Å². The maximum atomic E-state index is 11.3. The lowest BCUT2D eigenvalue weighted by Gasteiger charge is -2.19. The van der Waals surface area contributed by atoms with Crippen LogP contribution in [0.25, 0.3) is 0 Å². The van der Waals surface area contributed by atoms with Gasteiger partial charge in [0.25, 0.3) is 0 Å². The van der Waals surface area contributed by atoms with Crippen LogP contribution in [0.3, 0.4) is 0 Å². The van der Waals surface area contributed by atoms with Crippen molar-refractivity contribution >= 4 is 5.97 Å². The molecule has 6 nitrogen and oxygen atoms in total. The zero-order chi connectivity index (χ0) is 12.7. The van der Waals surface area contributed by atoms with Gasteiger partial charge in [-0.3, -0.25) is 4.79 Å². The fraction of sp³-hybridized carbons (Fsp3) is 0.727. The monoisotopic (exact) mass is 241 g/mol. The first-order valence-corrected chi connectivity index (χ1v) is 5.65. The number of aromatic nitrogens is 2. The Kier molecular flexibility index (Phi) is 5.09. The van der Waals surface area contributed by atoms with Crippen molar-refractivity contribution in [1.82, 2.24) is 15.5 Å². The van der Waals surface area contributed by atoms with E-state index in [1.54, 1.807) is 0 Å². The molecule has 0 fully saturated rings. The van der Waals surface area contributed by atoms with E-state index in [1.807, 2.05) is 20.8 Å². The summed E-state index contributed by atoms with van der Waals surface area (Å²) in [4.78, 5) is 15.2. The summed E-state index contributed by atoms with van der Waals surface area (Å²) < 4.78 is 9.77. The van der Waals surface area contributed by atoms with Crippen LogP contribution >= 0.6 is 0 Å². The number of hydrogen-bond acceptors (Lipinski definition) is 6. The zero-order valence-corrected chi connectivity index (χ0v) is 10.5. The predicted octanol–water partition coefficient (Wildman–Crippen LogP) is 0.933. The summed E-state index contributed by atoms with van der Waals surface area (Å²) in [6.07, 6.45) is 2.35. The van der Waals surface area contributed by atoms with Gasteiger partial charge < -0.3 is 14.6 Å². The second-order valence-electron chi connectivity index (χ2n) is 4.68. The third kappa shape index (κ3) is 6.68. The average Bonchev–Trinajstić information content (AvgIpc) is 2.67. The van der Waals surface area contributed by atoms with E-state index in [0.717, 1.165) is 0 Å². The van der Waals surface area contributed by atoms with Crippen LogP contribution in [0, 0.1) is 0 Å². The van der Waals surface area contributed by atoms with Crippen LogP contribution in [0.5, 0.6) is 0 Å². The van der Waals surface area contributed by atoms with Crippen LogP contribution in [-0.4, -0.2) is 34.8 Å². The highest BCUT2D eigenvalue weighted by Gasteiger charge is 2.15. The number of hydrogen-bond donors (Lipinski definition) is 1. The summed E-state index contributed by atoms with van der Waals surface area (Å²) in [5.41, 5.74) is -0.415. The maximum Gasteiger partial charge on any atom is 0.307 e. The summed E-state index contributed by atoms with van der Waals surface area (Å²) in [7, 11) is 0. The van der Waals surface area contributed by atoms with E-state index in [0.29, 0.717) is 31.8 Å². The van der Waals surface area contributed by atoms with Crippen molar-refractivity contribution in [2.75, 3.05) is 13.1 Å². The van der Waals surface area contributed by atoms with E-state index in [1.165, 1.54) is 6.39 Å². The van der Waals surface area contributed by atoms with Crippen molar-refractivity contribution in [3.05, 3.63) is 12.2 Å². The van der Waals surface area contributed by atoms with Gasteiger partial charge in [0.2, 0.25) is 6.39 Å². The first-order valence-electron chi connectivity index (χ1n) is 5.65. The first-order chi connectivity index (χ1) is 7.97. The SMILES string of the molecule is CC(C)(C)OC(=O)CCNCCc1ncon1. The maximum absolute atomic E-state index is 11.3. The molecule has 1 N–H and O–H groups in total. The molecule has 17 heavy (non-hydrogen) atoms. The van der Waals surface area contributed by atoms with Gasteiger partial charge in [0.05, 0.1) is 6.42 Å². The summed E-state index contributed by atoms with van der Waals surface area (Å²) in [6, 6.07) is 0. The van der Waals surface area contributed by atoms with Gasteiger partial charge in [0.1, 0.15) is 5.60 Å². The molecule has 0 aliphatic rings. The molecule has 0 aliphatic carbocycles.